The summed E-state index contributed by atoms with van der Waals surface area (Å²) in [6, 6.07) is 6.80. The summed E-state index contributed by atoms with van der Waals surface area (Å²) in [6.45, 7) is 8.28. The lowest BCUT2D eigenvalue weighted by Gasteiger charge is -2.32. The maximum Gasteiger partial charge on any atom is 0.407 e. The van der Waals surface area contributed by atoms with Gasteiger partial charge in [-0.1, -0.05) is 6.42 Å². The Bertz CT molecular complexity index is 620. The van der Waals surface area contributed by atoms with E-state index in [1.165, 1.54) is 24.8 Å². The average molecular weight is 346 g/mol. The van der Waals surface area contributed by atoms with Crippen LogP contribution >= 0.6 is 0 Å². The molecule has 1 aromatic carbocycles. The maximum absolute atomic E-state index is 11.8. The molecular formula is C20H30N2O3. The number of benzene rings is 1. The highest BCUT2D eigenvalue weighted by Gasteiger charge is 2.26. The highest BCUT2D eigenvalue weighted by atomic mass is 16.6. The molecule has 1 saturated carbocycles. The van der Waals surface area contributed by atoms with Gasteiger partial charge < -0.3 is 20.1 Å². The molecule has 25 heavy (non-hydrogen) atoms. The molecule has 0 saturated heterocycles. The summed E-state index contributed by atoms with van der Waals surface area (Å²) in [5.41, 5.74) is 1.87. The smallest absolute Gasteiger partial charge is 0.407 e. The van der Waals surface area contributed by atoms with E-state index in [0.717, 1.165) is 23.8 Å². The molecule has 2 unspecified atom stereocenters. The predicted octanol–water partition coefficient (Wildman–Crippen LogP) is 4.12. The topological polar surface area (TPSA) is 59.6 Å². The number of anilines is 1. The van der Waals surface area contributed by atoms with Crippen molar-refractivity contribution in [1.29, 1.82) is 0 Å². The number of carbonyl (C=O) groups excluding carboxylic acids is 1. The Balaban J connectivity index is 1.49. The molecule has 1 fully saturated rings. The number of carbonyl (C=O) groups is 1. The van der Waals surface area contributed by atoms with Gasteiger partial charge in [-0.25, -0.2) is 4.79 Å². The second kappa shape index (κ2) is 7.14. The summed E-state index contributed by atoms with van der Waals surface area (Å²) in [6.07, 6.45) is 4.39. The molecular weight excluding hydrogens is 316 g/mol. The molecule has 1 heterocycles. The Morgan fingerprint density at radius 2 is 2.12 bits per heavy atom. The Hall–Kier alpha value is -1.91. The highest BCUT2D eigenvalue weighted by Crippen LogP contribution is 2.34. The van der Waals surface area contributed by atoms with Gasteiger partial charge in [-0.15, -0.1) is 0 Å². The molecule has 138 valence electrons. The minimum absolute atomic E-state index is 0.0400. The van der Waals surface area contributed by atoms with Crippen LogP contribution in [0.3, 0.4) is 0 Å². The van der Waals surface area contributed by atoms with Gasteiger partial charge in [-0.2, -0.15) is 0 Å². The molecule has 2 N–H and O–H groups in total. The van der Waals surface area contributed by atoms with Crippen molar-refractivity contribution in [2.45, 2.75) is 71.1 Å². The fraction of sp³-hybridized carbons (Fsp3) is 0.650. The van der Waals surface area contributed by atoms with Crippen LogP contribution in [0.15, 0.2) is 18.2 Å². The van der Waals surface area contributed by atoms with Crippen molar-refractivity contribution < 1.29 is 14.3 Å². The molecule has 0 spiro atoms. The predicted molar refractivity (Wildman–Crippen MR) is 99.2 cm³/mol. The third kappa shape index (κ3) is 4.80. The molecule has 1 aliphatic carbocycles. The lowest BCUT2D eigenvalue weighted by Crippen LogP contribution is -2.38. The van der Waals surface area contributed by atoms with Crippen LogP contribution in [-0.2, 0) is 11.2 Å². The SMILES string of the molecule is CC(Nc1ccc2c(c1)CC(CNC(=O)OC(C)(C)C)O2)C1CCC1. The third-order valence-electron chi connectivity index (χ3n) is 4.93. The number of fused-ring (bicyclic) bond motifs is 1. The molecule has 1 amide bonds. The van der Waals surface area contributed by atoms with Crippen molar-refractivity contribution in [3.05, 3.63) is 23.8 Å². The summed E-state index contributed by atoms with van der Waals surface area (Å²) in [5.74, 6) is 1.72. The van der Waals surface area contributed by atoms with Gasteiger partial charge in [0.05, 0.1) is 6.54 Å². The van der Waals surface area contributed by atoms with Crippen LogP contribution in [0.25, 0.3) is 0 Å². The summed E-state index contributed by atoms with van der Waals surface area (Å²) >= 11 is 0. The van der Waals surface area contributed by atoms with Gasteiger partial charge in [0, 0.05) is 18.2 Å². The largest absolute Gasteiger partial charge is 0.488 e. The normalized spacial score (nSPS) is 20.9. The Morgan fingerprint density at radius 1 is 1.36 bits per heavy atom. The minimum atomic E-state index is -0.485. The van der Waals surface area contributed by atoms with E-state index in [9.17, 15) is 4.79 Å². The maximum atomic E-state index is 11.8. The molecule has 0 radical (unpaired) electrons. The zero-order valence-corrected chi connectivity index (χ0v) is 15.7. The second-order valence-electron chi connectivity index (χ2n) is 8.27. The van der Waals surface area contributed by atoms with Gasteiger partial charge in [0.15, 0.2) is 0 Å². The van der Waals surface area contributed by atoms with Gasteiger partial charge >= 0.3 is 6.09 Å². The fourth-order valence-corrected chi connectivity index (χ4v) is 3.36. The van der Waals surface area contributed by atoms with E-state index >= 15 is 0 Å². The van der Waals surface area contributed by atoms with Crippen molar-refractivity contribution in [2.75, 3.05) is 11.9 Å². The van der Waals surface area contributed by atoms with Gasteiger partial charge in [-0.3, -0.25) is 0 Å². The molecule has 3 rings (SSSR count). The van der Waals surface area contributed by atoms with Crippen LogP contribution in [0.2, 0.25) is 0 Å². The molecule has 2 aliphatic rings. The molecule has 1 aromatic rings. The quantitative estimate of drug-likeness (QED) is 0.842. The first kappa shape index (κ1) is 17.9. The second-order valence-corrected chi connectivity index (χ2v) is 8.27. The standard InChI is InChI=1S/C20H30N2O3/c1-13(14-6-5-7-14)22-16-8-9-18-15(10-16)11-17(24-18)12-21-19(23)25-20(2,3)4/h8-10,13-14,17,22H,5-7,11-12H2,1-4H3,(H,21,23). The van der Waals surface area contributed by atoms with E-state index in [1.54, 1.807) is 0 Å². The Labute approximate surface area is 150 Å². The number of ether oxygens (including phenoxy) is 2. The first-order valence-electron chi connectivity index (χ1n) is 9.33. The van der Waals surface area contributed by atoms with E-state index in [1.807, 2.05) is 26.8 Å². The van der Waals surface area contributed by atoms with Crippen LogP contribution in [0.1, 0.15) is 52.5 Å². The Kier molecular flexibility index (Phi) is 5.11. The van der Waals surface area contributed by atoms with Gasteiger partial charge in [0.25, 0.3) is 0 Å². The first-order valence-corrected chi connectivity index (χ1v) is 9.33. The van der Waals surface area contributed by atoms with Crippen molar-refractivity contribution >= 4 is 11.8 Å². The number of nitrogens with one attached hydrogen (secondary N) is 2. The van der Waals surface area contributed by atoms with E-state index in [0.29, 0.717) is 12.6 Å². The average Bonchev–Trinajstić information content (AvgIpc) is 2.83. The zero-order chi connectivity index (χ0) is 18.0. The third-order valence-corrected chi connectivity index (χ3v) is 4.93. The highest BCUT2D eigenvalue weighted by molar-refractivity contribution is 5.67. The lowest BCUT2D eigenvalue weighted by molar-refractivity contribution is 0.0506. The van der Waals surface area contributed by atoms with Crippen LogP contribution in [0.5, 0.6) is 5.75 Å². The number of rotatable bonds is 5. The van der Waals surface area contributed by atoms with E-state index < -0.39 is 11.7 Å². The number of alkyl carbamates (subject to hydrolysis) is 1. The van der Waals surface area contributed by atoms with E-state index in [4.69, 9.17) is 9.47 Å². The van der Waals surface area contributed by atoms with Crippen LogP contribution in [-0.4, -0.2) is 30.4 Å². The summed E-state index contributed by atoms with van der Waals surface area (Å²) in [7, 11) is 0. The number of hydrogen-bond donors (Lipinski definition) is 2. The first-order chi connectivity index (χ1) is 11.8. The van der Waals surface area contributed by atoms with Crippen molar-refractivity contribution in [3.8, 4) is 5.75 Å². The monoisotopic (exact) mass is 346 g/mol. The van der Waals surface area contributed by atoms with E-state index in [-0.39, 0.29) is 6.10 Å². The molecule has 2 atom stereocenters. The van der Waals surface area contributed by atoms with Crippen LogP contribution < -0.4 is 15.4 Å². The van der Waals surface area contributed by atoms with Gasteiger partial charge in [0.2, 0.25) is 0 Å². The van der Waals surface area contributed by atoms with Gasteiger partial charge in [-0.05, 0) is 70.2 Å². The van der Waals surface area contributed by atoms with E-state index in [2.05, 4.69) is 29.7 Å². The number of amides is 1. The van der Waals surface area contributed by atoms with Crippen molar-refractivity contribution in [3.63, 3.8) is 0 Å². The van der Waals surface area contributed by atoms with Crippen molar-refractivity contribution in [1.82, 2.24) is 5.32 Å². The summed E-state index contributed by atoms with van der Waals surface area (Å²) in [4.78, 5) is 11.8. The molecule has 0 aromatic heterocycles. The summed E-state index contributed by atoms with van der Waals surface area (Å²) < 4.78 is 11.2. The Morgan fingerprint density at radius 3 is 2.76 bits per heavy atom. The van der Waals surface area contributed by atoms with Crippen molar-refractivity contribution in [2.24, 2.45) is 5.92 Å². The molecule has 5 nitrogen and oxygen atoms in total. The van der Waals surface area contributed by atoms with Crippen LogP contribution in [0, 0.1) is 5.92 Å². The number of hydrogen-bond acceptors (Lipinski definition) is 4. The lowest BCUT2D eigenvalue weighted by atomic mass is 9.80. The molecule has 5 heteroatoms. The van der Waals surface area contributed by atoms with Gasteiger partial charge in [0.1, 0.15) is 17.5 Å². The fourth-order valence-electron chi connectivity index (χ4n) is 3.36. The zero-order valence-electron chi connectivity index (χ0n) is 15.7. The molecule has 0 bridgehead atoms. The molecule has 1 aliphatic heterocycles. The summed E-state index contributed by atoms with van der Waals surface area (Å²) in [5, 5.41) is 6.41. The minimum Gasteiger partial charge on any atom is -0.488 e. The van der Waals surface area contributed by atoms with Crippen LogP contribution in [0.4, 0.5) is 10.5 Å².